The Morgan fingerprint density at radius 3 is 2.77 bits per heavy atom. The van der Waals surface area contributed by atoms with E-state index in [4.69, 9.17) is 0 Å². The summed E-state index contributed by atoms with van der Waals surface area (Å²) < 4.78 is 13.9. The summed E-state index contributed by atoms with van der Waals surface area (Å²) in [5, 5.41) is 9.00. The number of nitrogens with zero attached hydrogens (tertiary/aromatic N) is 3. The number of nitrogens with one attached hydrogen (secondary N) is 3. The Balaban J connectivity index is 1.97. The summed E-state index contributed by atoms with van der Waals surface area (Å²) in [6, 6.07) is 6.37. The van der Waals surface area contributed by atoms with Gasteiger partial charge >= 0.3 is 0 Å². The van der Waals surface area contributed by atoms with E-state index in [2.05, 4.69) is 44.7 Å². The molecule has 7 nitrogen and oxygen atoms in total. The molecule has 3 N–H and O–H groups in total. The number of benzene rings is 1. The monoisotopic (exact) mass is 412 g/mol. The maximum absolute atomic E-state index is 13.9. The summed E-state index contributed by atoms with van der Waals surface area (Å²) in [6.07, 6.45) is 3.96. The van der Waals surface area contributed by atoms with Crippen molar-refractivity contribution >= 4 is 23.4 Å². The second-order valence-corrected chi connectivity index (χ2v) is 6.98. The quantitative estimate of drug-likeness (QED) is 0.411. The molecule has 0 saturated heterocycles. The van der Waals surface area contributed by atoms with Crippen LogP contribution in [0.25, 0.3) is 0 Å². The highest BCUT2D eigenvalue weighted by molar-refractivity contribution is 5.77. The first-order chi connectivity index (χ1) is 14.5. The topological polar surface area (TPSA) is 82.2 Å². The molecular formula is C22H29FN6O. The zero-order valence-electron chi connectivity index (χ0n) is 17.8. The third-order valence-electron chi connectivity index (χ3n) is 3.94. The van der Waals surface area contributed by atoms with E-state index in [1.807, 2.05) is 19.0 Å². The molecule has 1 amide bonds. The maximum atomic E-state index is 13.9. The Labute approximate surface area is 177 Å². The molecule has 0 aliphatic heterocycles. The lowest BCUT2D eigenvalue weighted by atomic mass is 10.2. The average Bonchev–Trinajstić information content (AvgIpc) is 2.71. The summed E-state index contributed by atoms with van der Waals surface area (Å²) in [7, 11) is 3.71. The summed E-state index contributed by atoms with van der Waals surface area (Å²) in [6.45, 7) is 3.76. The van der Waals surface area contributed by atoms with E-state index in [0.29, 0.717) is 42.5 Å². The number of unbranched alkanes of at least 4 members (excludes halogenated alkanes) is 1. The van der Waals surface area contributed by atoms with Crippen molar-refractivity contribution < 1.29 is 9.18 Å². The van der Waals surface area contributed by atoms with E-state index < -0.39 is 0 Å². The number of anilines is 3. The lowest BCUT2D eigenvalue weighted by Crippen LogP contribution is -2.33. The Bertz CT molecular complexity index is 891. The van der Waals surface area contributed by atoms with E-state index in [0.717, 1.165) is 19.4 Å². The molecule has 0 spiro atoms. The van der Waals surface area contributed by atoms with Crippen molar-refractivity contribution in [2.75, 3.05) is 44.4 Å². The molecule has 2 aromatic rings. The number of carbonyl (C=O) groups excluding carboxylic acids is 1. The molecule has 2 rings (SSSR count). The number of likely N-dealkylation sites (N-methyl/N-ethyl adjacent to an activating group) is 1. The van der Waals surface area contributed by atoms with Gasteiger partial charge in [-0.15, -0.1) is 0 Å². The number of hydrogen-bond acceptors (Lipinski definition) is 6. The number of halogens is 1. The number of para-hydroxylation sites is 1. The van der Waals surface area contributed by atoms with Crippen molar-refractivity contribution in [3.05, 3.63) is 41.8 Å². The summed E-state index contributed by atoms with van der Waals surface area (Å²) in [5.41, 5.74) is 0.994. The standard InChI is InChI=1S/C22H29FN6O/c1-4-13-25-21-17(10-6-5-9-14-24-20(30)16-29(2)3)15-26-22(28-21)27-19-12-8-7-11-18(19)23/h7-8,11-12,15H,4-5,9,13-14,16H2,1-3H3,(H,24,30)(H2,25,26,27,28). The molecule has 160 valence electrons. The highest BCUT2D eigenvalue weighted by Crippen LogP contribution is 2.19. The van der Waals surface area contributed by atoms with E-state index >= 15 is 0 Å². The smallest absolute Gasteiger partial charge is 0.234 e. The summed E-state index contributed by atoms with van der Waals surface area (Å²) in [4.78, 5) is 22.1. The number of rotatable bonds is 10. The molecule has 0 saturated carbocycles. The Kier molecular flexibility index (Phi) is 9.55. The predicted molar refractivity (Wildman–Crippen MR) is 118 cm³/mol. The predicted octanol–water partition coefficient (Wildman–Crippen LogP) is 2.99. The molecule has 1 heterocycles. The van der Waals surface area contributed by atoms with Crippen LogP contribution in [0.15, 0.2) is 30.5 Å². The van der Waals surface area contributed by atoms with Crippen molar-refractivity contribution in [3.63, 3.8) is 0 Å². The largest absolute Gasteiger partial charge is 0.369 e. The third kappa shape index (κ3) is 8.05. The first-order valence-corrected chi connectivity index (χ1v) is 10.0. The van der Waals surface area contributed by atoms with Crippen LogP contribution in [0.3, 0.4) is 0 Å². The van der Waals surface area contributed by atoms with Crippen LogP contribution in [-0.2, 0) is 4.79 Å². The van der Waals surface area contributed by atoms with Crippen LogP contribution >= 0.6 is 0 Å². The highest BCUT2D eigenvalue weighted by Gasteiger charge is 2.08. The van der Waals surface area contributed by atoms with Crippen LogP contribution in [0.5, 0.6) is 0 Å². The number of amides is 1. The average molecular weight is 413 g/mol. The lowest BCUT2D eigenvalue weighted by molar-refractivity contribution is -0.121. The van der Waals surface area contributed by atoms with E-state index in [1.165, 1.54) is 6.07 Å². The summed E-state index contributed by atoms with van der Waals surface area (Å²) >= 11 is 0. The summed E-state index contributed by atoms with van der Waals surface area (Å²) in [5.74, 6) is 6.73. The second-order valence-electron chi connectivity index (χ2n) is 6.98. The van der Waals surface area contributed by atoms with Crippen LogP contribution in [0.2, 0.25) is 0 Å². The van der Waals surface area contributed by atoms with Gasteiger partial charge in [0.2, 0.25) is 11.9 Å². The van der Waals surface area contributed by atoms with Crippen LogP contribution in [0.1, 0.15) is 31.7 Å². The van der Waals surface area contributed by atoms with Crippen molar-refractivity contribution in [3.8, 4) is 11.8 Å². The number of aromatic nitrogens is 2. The fourth-order valence-corrected chi connectivity index (χ4v) is 2.50. The molecule has 1 aromatic heterocycles. The van der Waals surface area contributed by atoms with E-state index in [-0.39, 0.29) is 11.7 Å². The van der Waals surface area contributed by atoms with Crippen molar-refractivity contribution in [2.45, 2.75) is 26.2 Å². The third-order valence-corrected chi connectivity index (χ3v) is 3.94. The normalized spacial score (nSPS) is 10.3. The minimum Gasteiger partial charge on any atom is -0.369 e. The zero-order valence-corrected chi connectivity index (χ0v) is 17.8. The first kappa shape index (κ1) is 23.1. The Morgan fingerprint density at radius 1 is 1.23 bits per heavy atom. The number of hydrogen-bond donors (Lipinski definition) is 3. The van der Waals surface area contributed by atoms with Gasteiger partial charge in [-0.25, -0.2) is 9.37 Å². The van der Waals surface area contributed by atoms with Gasteiger partial charge in [-0.1, -0.05) is 30.9 Å². The van der Waals surface area contributed by atoms with Crippen molar-refractivity contribution in [2.24, 2.45) is 0 Å². The Hall–Kier alpha value is -3.18. The fraction of sp³-hybridized carbons (Fsp3) is 0.409. The van der Waals surface area contributed by atoms with Crippen LogP contribution < -0.4 is 16.0 Å². The van der Waals surface area contributed by atoms with Gasteiger partial charge in [-0.05, 0) is 39.1 Å². The highest BCUT2D eigenvalue weighted by atomic mass is 19.1. The van der Waals surface area contributed by atoms with Crippen molar-refractivity contribution in [1.82, 2.24) is 20.2 Å². The molecule has 0 atom stereocenters. The fourth-order valence-electron chi connectivity index (χ4n) is 2.50. The number of carbonyl (C=O) groups is 1. The molecule has 8 heteroatoms. The first-order valence-electron chi connectivity index (χ1n) is 10.0. The lowest BCUT2D eigenvalue weighted by Gasteiger charge is -2.10. The van der Waals surface area contributed by atoms with Gasteiger partial charge in [0.25, 0.3) is 0 Å². The molecule has 0 fully saturated rings. The minimum atomic E-state index is -0.370. The van der Waals surface area contributed by atoms with Gasteiger partial charge in [-0.3, -0.25) is 4.79 Å². The minimum absolute atomic E-state index is 0.00496. The second kappa shape index (κ2) is 12.4. The molecule has 30 heavy (non-hydrogen) atoms. The molecule has 0 bridgehead atoms. The molecule has 0 aliphatic carbocycles. The van der Waals surface area contributed by atoms with Gasteiger partial charge in [0.1, 0.15) is 11.6 Å². The SMILES string of the molecule is CCCNc1nc(Nc2ccccc2F)ncc1C#CCCCNC(=O)CN(C)C. The van der Waals surface area contributed by atoms with Crippen LogP contribution in [0.4, 0.5) is 21.8 Å². The van der Waals surface area contributed by atoms with Gasteiger partial charge in [0.15, 0.2) is 0 Å². The van der Waals surface area contributed by atoms with Crippen LogP contribution in [-0.4, -0.2) is 54.5 Å². The Morgan fingerprint density at radius 2 is 2.03 bits per heavy atom. The molecular weight excluding hydrogens is 383 g/mol. The van der Waals surface area contributed by atoms with Gasteiger partial charge in [-0.2, -0.15) is 4.98 Å². The molecule has 1 aromatic carbocycles. The van der Waals surface area contributed by atoms with Crippen LogP contribution in [0, 0.1) is 17.7 Å². The maximum Gasteiger partial charge on any atom is 0.234 e. The van der Waals surface area contributed by atoms with Gasteiger partial charge in [0.05, 0.1) is 24.0 Å². The molecule has 0 radical (unpaired) electrons. The van der Waals surface area contributed by atoms with Crippen molar-refractivity contribution in [1.29, 1.82) is 0 Å². The molecule has 0 unspecified atom stereocenters. The van der Waals surface area contributed by atoms with E-state index in [9.17, 15) is 9.18 Å². The van der Waals surface area contributed by atoms with Gasteiger partial charge in [0, 0.05) is 19.5 Å². The van der Waals surface area contributed by atoms with Gasteiger partial charge < -0.3 is 20.9 Å². The zero-order chi connectivity index (χ0) is 21.8. The van der Waals surface area contributed by atoms with E-state index in [1.54, 1.807) is 24.4 Å². The molecule has 0 aliphatic rings.